The Balaban J connectivity index is 0.761. The topological polar surface area (TPSA) is 134 Å². The molecule has 7 heterocycles. The van der Waals surface area contributed by atoms with E-state index in [1.54, 1.807) is 0 Å². The standard InChI is InChI=1S/C36H44N12O2/c1-43-33-27(32(42-43)28-7-8-31(49)41-36(28)50)3-2-4-29(33)46-19-17-45(18-20-46)16-15-44-12-9-26(10-13-44)48-23-25(21-39-48)40-34-35-37-11-14-47(35)30(22-38-34)24-5-6-24/h2-4,11,14,21-24,26,28H,5-10,12-13,15-20H2,1H3,(H,38,40)(H,41,49,50). The second-order valence-corrected chi connectivity index (χ2v) is 14.3. The number of piperidine rings is 2. The zero-order valence-electron chi connectivity index (χ0n) is 28.5. The van der Waals surface area contributed by atoms with Crippen molar-refractivity contribution >= 4 is 45.6 Å². The summed E-state index contributed by atoms with van der Waals surface area (Å²) in [4.78, 5) is 41.3. The maximum atomic E-state index is 12.6. The van der Waals surface area contributed by atoms with E-state index in [2.05, 4.69) is 63.8 Å². The van der Waals surface area contributed by atoms with Crippen LogP contribution in [0.5, 0.6) is 0 Å². The highest BCUT2D eigenvalue weighted by Crippen LogP contribution is 2.40. The lowest BCUT2D eigenvalue weighted by molar-refractivity contribution is -0.134. The van der Waals surface area contributed by atoms with Crippen LogP contribution in [0.3, 0.4) is 0 Å². The molecule has 2 amide bonds. The summed E-state index contributed by atoms with van der Waals surface area (Å²) < 4.78 is 6.19. The number of imide groups is 1. The Hall–Kier alpha value is -4.82. The zero-order chi connectivity index (χ0) is 33.8. The summed E-state index contributed by atoms with van der Waals surface area (Å²) in [7, 11) is 1.95. The van der Waals surface area contributed by atoms with Gasteiger partial charge in [0.25, 0.3) is 0 Å². The third-order valence-electron chi connectivity index (χ3n) is 11.1. The summed E-state index contributed by atoms with van der Waals surface area (Å²) in [5.74, 6) is 0.534. The Morgan fingerprint density at radius 3 is 2.50 bits per heavy atom. The fraction of sp³-hybridized carbons (Fsp3) is 0.500. The Labute approximate surface area is 290 Å². The normalized spacial score (nSPS) is 21.4. The minimum Gasteiger partial charge on any atom is -0.367 e. The number of aryl methyl sites for hydroxylation is 1. The van der Waals surface area contributed by atoms with Crippen molar-refractivity contribution in [3.63, 3.8) is 0 Å². The molecule has 9 rings (SSSR count). The second-order valence-electron chi connectivity index (χ2n) is 14.3. The summed E-state index contributed by atoms with van der Waals surface area (Å²) in [5.41, 5.74) is 6.03. The number of amides is 2. The molecular weight excluding hydrogens is 632 g/mol. The fourth-order valence-corrected chi connectivity index (χ4v) is 8.16. The third-order valence-corrected chi connectivity index (χ3v) is 11.1. The molecule has 1 atom stereocenters. The van der Waals surface area contributed by atoms with Crippen LogP contribution in [0.2, 0.25) is 0 Å². The number of likely N-dealkylation sites (tertiary alicyclic amines) is 1. The number of hydrogen-bond donors (Lipinski definition) is 2. The van der Waals surface area contributed by atoms with E-state index in [0.29, 0.717) is 24.8 Å². The first-order valence-electron chi connectivity index (χ1n) is 18.1. The number of carbonyl (C=O) groups excluding carboxylic acids is 2. The van der Waals surface area contributed by atoms with Crippen LogP contribution in [0.15, 0.2) is 49.2 Å². The molecule has 1 aromatic carbocycles. The summed E-state index contributed by atoms with van der Waals surface area (Å²) in [6.45, 7) is 8.21. The fourth-order valence-electron chi connectivity index (χ4n) is 8.16. The van der Waals surface area contributed by atoms with Gasteiger partial charge in [0.05, 0.1) is 40.7 Å². The Morgan fingerprint density at radius 1 is 0.920 bits per heavy atom. The molecule has 3 aliphatic heterocycles. The summed E-state index contributed by atoms with van der Waals surface area (Å²) >= 11 is 0. The van der Waals surface area contributed by atoms with Crippen molar-refractivity contribution < 1.29 is 9.59 Å². The molecular formula is C36H44N12O2. The molecule has 14 heteroatoms. The largest absolute Gasteiger partial charge is 0.367 e. The lowest BCUT2D eigenvalue weighted by Crippen LogP contribution is -2.49. The average molecular weight is 677 g/mol. The molecule has 5 aromatic rings. The quantitative estimate of drug-likeness (QED) is 0.224. The number of anilines is 3. The first-order chi connectivity index (χ1) is 24.5. The molecule has 2 N–H and O–H groups in total. The minimum atomic E-state index is -0.394. The maximum absolute atomic E-state index is 12.6. The summed E-state index contributed by atoms with van der Waals surface area (Å²) in [5, 5.41) is 16.5. The zero-order valence-corrected chi connectivity index (χ0v) is 28.5. The molecule has 3 saturated heterocycles. The van der Waals surface area contributed by atoms with Crippen molar-refractivity contribution in [1.29, 1.82) is 0 Å². The minimum absolute atomic E-state index is 0.202. The SMILES string of the molecule is Cn1nc(C2CCC(=O)NC2=O)c2cccc(N3CCN(CCN4CCC(n5cc(Nc6ncc(C7CC7)n7ccnc67)cn5)CC4)CC3)c21. The van der Waals surface area contributed by atoms with Gasteiger partial charge in [-0.1, -0.05) is 12.1 Å². The van der Waals surface area contributed by atoms with Gasteiger partial charge in [-0.3, -0.25) is 33.6 Å². The molecule has 4 fully saturated rings. The number of rotatable bonds is 9. The highest BCUT2D eigenvalue weighted by atomic mass is 16.2. The van der Waals surface area contributed by atoms with Gasteiger partial charge in [-0.2, -0.15) is 10.2 Å². The van der Waals surface area contributed by atoms with Gasteiger partial charge in [0, 0.05) is 108 Å². The van der Waals surface area contributed by atoms with Gasteiger partial charge in [-0.25, -0.2) is 9.97 Å². The first-order valence-corrected chi connectivity index (χ1v) is 18.1. The molecule has 4 aliphatic rings. The number of imidazole rings is 1. The predicted molar refractivity (Wildman–Crippen MR) is 190 cm³/mol. The van der Waals surface area contributed by atoms with Gasteiger partial charge in [0.1, 0.15) is 0 Å². The van der Waals surface area contributed by atoms with Gasteiger partial charge in [-0.05, 0) is 38.2 Å². The molecule has 50 heavy (non-hydrogen) atoms. The molecule has 0 radical (unpaired) electrons. The number of para-hydroxylation sites is 1. The number of fused-ring (bicyclic) bond motifs is 2. The van der Waals surface area contributed by atoms with Crippen molar-refractivity contribution in [3.8, 4) is 0 Å². The van der Waals surface area contributed by atoms with Crippen molar-refractivity contribution in [2.45, 2.75) is 56.4 Å². The van der Waals surface area contributed by atoms with Crippen LogP contribution in [0.1, 0.15) is 67.8 Å². The van der Waals surface area contributed by atoms with Gasteiger partial charge >= 0.3 is 0 Å². The highest BCUT2D eigenvalue weighted by molar-refractivity contribution is 6.03. The smallest absolute Gasteiger partial charge is 0.235 e. The van der Waals surface area contributed by atoms with Crippen LogP contribution in [0.25, 0.3) is 16.6 Å². The van der Waals surface area contributed by atoms with Crippen molar-refractivity contribution in [2.24, 2.45) is 7.05 Å². The number of nitrogens with one attached hydrogen (secondary N) is 2. The highest BCUT2D eigenvalue weighted by Gasteiger charge is 2.33. The Bertz CT molecular complexity index is 2040. The number of benzene rings is 1. The number of nitrogens with zero attached hydrogens (tertiary/aromatic N) is 10. The van der Waals surface area contributed by atoms with Crippen LogP contribution < -0.4 is 15.5 Å². The van der Waals surface area contributed by atoms with Gasteiger partial charge < -0.3 is 15.1 Å². The van der Waals surface area contributed by atoms with E-state index in [1.165, 1.54) is 18.5 Å². The second kappa shape index (κ2) is 12.8. The Kier molecular flexibility index (Phi) is 7.99. The lowest BCUT2D eigenvalue weighted by Gasteiger charge is -2.38. The first kappa shape index (κ1) is 31.2. The molecule has 4 aromatic heterocycles. The summed E-state index contributed by atoms with van der Waals surface area (Å²) in [6.07, 6.45) is 15.3. The number of piperazine rings is 1. The molecule has 1 aliphatic carbocycles. The van der Waals surface area contributed by atoms with E-state index in [1.807, 2.05) is 36.5 Å². The van der Waals surface area contributed by atoms with E-state index < -0.39 is 5.92 Å². The molecule has 0 bridgehead atoms. The van der Waals surface area contributed by atoms with E-state index in [-0.39, 0.29) is 11.8 Å². The van der Waals surface area contributed by atoms with Crippen molar-refractivity contribution in [3.05, 3.63) is 60.6 Å². The monoisotopic (exact) mass is 676 g/mol. The van der Waals surface area contributed by atoms with E-state index in [9.17, 15) is 9.59 Å². The van der Waals surface area contributed by atoms with Crippen LogP contribution in [-0.4, -0.2) is 108 Å². The van der Waals surface area contributed by atoms with E-state index in [0.717, 1.165) is 105 Å². The third kappa shape index (κ3) is 5.89. The van der Waals surface area contributed by atoms with Crippen molar-refractivity contribution in [2.75, 3.05) is 62.6 Å². The average Bonchev–Trinajstić information content (AvgIpc) is 3.49. The van der Waals surface area contributed by atoms with Crippen LogP contribution >= 0.6 is 0 Å². The van der Waals surface area contributed by atoms with Crippen LogP contribution in [-0.2, 0) is 16.6 Å². The van der Waals surface area contributed by atoms with Crippen molar-refractivity contribution in [1.82, 2.24) is 49.0 Å². The number of hydrogen-bond acceptors (Lipinski definition) is 10. The van der Waals surface area contributed by atoms with Gasteiger partial charge in [0.15, 0.2) is 11.5 Å². The molecule has 1 unspecified atom stereocenters. The Morgan fingerprint density at radius 2 is 1.72 bits per heavy atom. The van der Waals surface area contributed by atoms with Gasteiger partial charge in [0.2, 0.25) is 11.8 Å². The van der Waals surface area contributed by atoms with Crippen LogP contribution in [0.4, 0.5) is 17.2 Å². The number of aromatic nitrogens is 7. The predicted octanol–water partition coefficient (Wildman–Crippen LogP) is 3.41. The van der Waals surface area contributed by atoms with Gasteiger partial charge in [-0.15, -0.1) is 0 Å². The molecule has 260 valence electrons. The summed E-state index contributed by atoms with van der Waals surface area (Å²) in [6, 6.07) is 6.68. The maximum Gasteiger partial charge on any atom is 0.235 e. The van der Waals surface area contributed by atoms with E-state index in [4.69, 9.17) is 15.2 Å². The lowest BCUT2D eigenvalue weighted by atomic mass is 9.92. The van der Waals surface area contributed by atoms with E-state index >= 15 is 0 Å². The molecule has 14 nitrogen and oxygen atoms in total. The number of carbonyl (C=O) groups is 2. The molecule has 0 spiro atoms. The van der Waals surface area contributed by atoms with Crippen LogP contribution in [0, 0.1) is 0 Å². The molecule has 1 saturated carbocycles.